The summed E-state index contributed by atoms with van der Waals surface area (Å²) >= 11 is 5.97. The van der Waals surface area contributed by atoms with Gasteiger partial charge in [-0.25, -0.2) is 13.2 Å². The average molecular weight is 446 g/mol. The van der Waals surface area contributed by atoms with Crippen LogP contribution in [0.3, 0.4) is 0 Å². The summed E-state index contributed by atoms with van der Waals surface area (Å²) in [5.41, 5.74) is -0.610. The van der Waals surface area contributed by atoms with Crippen molar-refractivity contribution in [3.8, 4) is 22.9 Å². The van der Waals surface area contributed by atoms with Crippen molar-refractivity contribution in [1.82, 2.24) is 20.2 Å². The molecule has 0 aliphatic rings. The second kappa shape index (κ2) is 7.61. The number of sulfonamides is 1. The Morgan fingerprint density at radius 3 is 2.30 bits per heavy atom. The number of H-pyrrole nitrogens is 2. The summed E-state index contributed by atoms with van der Waals surface area (Å²) < 4.78 is 32.9. The maximum Gasteiger partial charge on any atom is 0.325 e. The molecule has 3 N–H and O–H groups in total. The minimum absolute atomic E-state index is 0.153. The van der Waals surface area contributed by atoms with Crippen LogP contribution in [0.5, 0.6) is 0 Å². The second-order valence-electron chi connectivity index (χ2n) is 6.05. The Morgan fingerprint density at radius 2 is 1.63 bits per heavy atom. The van der Waals surface area contributed by atoms with Gasteiger partial charge in [-0.2, -0.15) is 0 Å². The standard InChI is InChI=1S/C18H12ClN5O5S/c19-12-5-1-3-10(7-12)16-22-23-17(29-16)11-4-2-6-13(8-11)24-30(27,28)14-9-20-18(26)21-15(14)25/h1-9,24H,(H2,20,21,25,26). The number of halogens is 1. The molecule has 152 valence electrons. The van der Waals surface area contributed by atoms with E-state index in [2.05, 4.69) is 19.9 Å². The van der Waals surface area contributed by atoms with E-state index in [0.717, 1.165) is 6.20 Å². The molecule has 2 aromatic carbocycles. The van der Waals surface area contributed by atoms with Gasteiger partial charge < -0.3 is 9.40 Å². The van der Waals surface area contributed by atoms with Crippen LogP contribution in [0.15, 0.2) is 73.6 Å². The predicted octanol–water partition coefficient (Wildman–Crippen LogP) is 2.23. The third kappa shape index (κ3) is 4.02. The van der Waals surface area contributed by atoms with Gasteiger partial charge in [0.05, 0.1) is 0 Å². The zero-order chi connectivity index (χ0) is 21.3. The quantitative estimate of drug-likeness (QED) is 0.426. The van der Waals surface area contributed by atoms with Crippen LogP contribution in [0.25, 0.3) is 22.9 Å². The molecule has 10 nitrogen and oxygen atoms in total. The summed E-state index contributed by atoms with van der Waals surface area (Å²) in [5.74, 6) is 0.408. The molecule has 0 saturated heterocycles. The molecule has 12 heteroatoms. The van der Waals surface area contributed by atoms with Gasteiger partial charge in [-0.15, -0.1) is 10.2 Å². The Labute approximate surface area is 173 Å². The number of benzene rings is 2. The van der Waals surface area contributed by atoms with Crippen LogP contribution >= 0.6 is 11.6 Å². The van der Waals surface area contributed by atoms with Crippen LogP contribution in [0.2, 0.25) is 5.02 Å². The number of nitrogens with zero attached hydrogens (tertiary/aromatic N) is 2. The van der Waals surface area contributed by atoms with E-state index in [0.29, 0.717) is 16.1 Å². The van der Waals surface area contributed by atoms with Gasteiger partial charge >= 0.3 is 5.69 Å². The number of rotatable bonds is 5. The molecule has 0 saturated carbocycles. The van der Waals surface area contributed by atoms with Gasteiger partial charge in [0, 0.05) is 28.0 Å². The van der Waals surface area contributed by atoms with Crippen molar-refractivity contribution in [2.45, 2.75) is 4.90 Å². The van der Waals surface area contributed by atoms with Crippen molar-refractivity contribution in [3.63, 3.8) is 0 Å². The Kier molecular flexibility index (Phi) is 4.98. The fraction of sp³-hybridized carbons (Fsp3) is 0. The molecule has 30 heavy (non-hydrogen) atoms. The highest BCUT2D eigenvalue weighted by atomic mass is 35.5. The SMILES string of the molecule is O=c1[nH]cc(S(=O)(=O)Nc2cccc(-c3nnc(-c4cccc(Cl)c4)o3)c2)c(=O)[nH]1. The molecule has 0 fully saturated rings. The highest BCUT2D eigenvalue weighted by Crippen LogP contribution is 2.27. The molecule has 0 aliphatic heterocycles. The lowest BCUT2D eigenvalue weighted by molar-refractivity contribution is 0.584. The zero-order valence-corrected chi connectivity index (χ0v) is 16.5. The fourth-order valence-electron chi connectivity index (χ4n) is 2.60. The van der Waals surface area contributed by atoms with E-state index < -0.39 is 26.2 Å². The van der Waals surface area contributed by atoms with Gasteiger partial charge in [0.15, 0.2) is 4.90 Å². The van der Waals surface area contributed by atoms with Crippen LogP contribution in [0.1, 0.15) is 0 Å². The van der Waals surface area contributed by atoms with Gasteiger partial charge in [0.2, 0.25) is 11.8 Å². The normalized spacial score (nSPS) is 11.4. The minimum atomic E-state index is -4.25. The molecular formula is C18H12ClN5O5S. The molecule has 4 rings (SSSR count). The second-order valence-corrected chi connectivity index (χ2v) is 8.13. The smallest absolute Gasteiger partial charge is 0.325 e. The first-order chi connectivity index (χ1) is 14.3. The largest absolute Gasteiger partial charge is 0.416 e. The van der Waals surface area contributed by atoms with E-state index in [-0.39, 0.29) is 17.5 Å². The first-order valence-electron chi connectivity index (χ1n) is 8.36. The molecule has 0 radical (unpaired) electrons. The number of aromatic amines is 2. The monoisotopic (exact) mass is 445 g/mol. The minimum Gasteiger partial charge on any atom is -0.416 e. The van der Waals surface area contributed by atoms with E-state index >= 15 is 0 Å². The summed E-state index contributed by atoms with van der Waals surface area (Å²) in [4.78, 5) is 26.2. The molecule has 2 heterocycles. The van der Waals surface area contributed by atoms with Crippen molar-refractivity contribution in [2.75, 3.05) is 4.72 Å². The fourth-order valence-corrected chi connectivity index (χ4v) is 3.85. The summed E-state index contributed by atoms with van der Waals surface area (Å²) in [6.45, 7) is 0. The van der Waals surface area contributed by atoms with Crippen LogP contribution in [0.4, 0.5) is 5.69 Å². The maximum atomic E-state index is 12.5. The molecule has 0 amide bonds. The number of hydrogen-bond acceptors (Lipinski definition) is 7. The summed E-state index contributed by atoms with van der Waals surface area (Å²) in [7, 11) is -4.25. The van der Waals surface area contributed by atoms with Crippen molar-refractivity contribution in [1.29, 1.82) is 0 Å². The van der Waals surface area contributed by atoms with Crippen molar-refractivity contribution >= 4 is 27.3 Å². The third-order valence-corrected chi connectivity index (χ3v) is 5.55. The predicted molar refractivity (Wildman–Crippen MR) is 109 cm³/mol. The van der Waals surface area contributed by atoms with Gasteiger partial charge in [-0.05, 0) is 36.4 Å². The summed E-state index contributed by atoms with van der Waals surface area (Å²) in [6.07, 6.45) is 0.822. The van der Waals surface area contributed by atoms with Crippen molar-refractivity contribution < 1.29 is 12.8 Å². The maximum absolute atomic E-state index is 12.5. The van der Waals surface area contributed by atoms with E-state index in [1.807, 2.05) is 4.98 Å². The molecule has 0 unspecified atom stereocenters. The van der Waals surface area contributed by atoms with Gasteiger partial charge in [0.1, 0.15) is 0 Å². The Bertz CT molecular complexity index is 1460. The third-order valence-electron chi connectivity index (χ3n) is 3.93. The van der Waals surface area contributed by atoms with Crippen LogP contribution in [-0.2, 0) is 10.0 Å². The zero-order valence-electron chi connectivity index (χ0n) is 14.9. The van der Waals surface area contributed by atoms with Crippen LogP contribution in [-0.4, -0.2) is 28.6 Å². The van der Waals surface area contributed by atoms with Crippen molar-refractivity contribution in [2.24, 2.45) is 0 Å². The molecule has 4 aromatic rings. The topological polar surface area (TPSA) is 151 Å². The van der Waals surface area contributed by atoms with E-state index in [9.17, 15) is 18.0 Å². The first-order valence-corrected chi connectivity index (χ1v) is 10.2. The number of hydrogen-bond donors (Lipinski definition) is 3. The number of aromatic nitrogens is 4. The molecule has 0 aliphatic carbocycles. The first kappa shape index (κ1) is 19.6. The molecule has 0 bridgehead atoms. The molecule has 2 aromatic heterocycles. The van der Waals surface area contributed by atoms with Gasteiger partial charge in [-0.3, -0.25) is 14.5 Å². The summed E-state index contributed by atoms with van der Waals surface area (Å²) in [6, 6.07) is 13.1. The Balaban J connectivity index is 1.63. The van der Waals surface area contributed by atoms with Crippen LogP contribution < -0.4 is 16.0 Å². The molecule has 0 atom stereocenters. The lowest BCUT2D eigenvalue weighted by atomic mass is 10.2. The lowest BCUT2D eigenvalue weighted by Gasteiger charge is -2.07. The lowest BCUT2D eigenvalue weighted by Crippen LogP contribution is -2.29. The average Bonchev–Trinajstić information content (AvgIpc) is 3.18. The number of anilines is 1. The number of nitrogens with one attached hydrogen (secondary N) is 3. The van der Waals surface area contributed by atoms with E-state index in [4.69, 9.17) is 16.0 Å². The van der Waals surface area contributed by atoms with Crippen LogP contribution in [0, 0.1) is 0 Å². The van der Waals surface area contributed by atoms with Gasteiger partial charge in [0.25, 0.3) is 15.6 Å². The summed E-state index contributed by atoms with van der Waals surface area (Å²) in [5, 5.41) is 8.48. The molecular weight excluding hydrogens is 434 g/mol. The Morgan fingerprint density at radius 1 is 0.967 bits per heavy atom. The highest BCUT2D eigenvalue weighted by Gasteiger charge is 2.20. The van der Waals surface area contributed by atoms with Crippen molar-refractivity contribution in [3.05, 3.63) is 80.6 Å². The van der Waals surface area contributed by atoms with Gasteiger partial charge in [-0.1, -0.05) is 23.7 Å². The molecule has 0 spiro atoms. The highest BCUT2D eigenvalue weighted by molar-refractivity contribution is 7.92. The Hall–Kier alpha value is -3.70. The van der Waals surface area contributed by atoms with E-state index in [1.165, 1.54) is 12.1 Å². The van der Waals surface area contributed by atoms with E-state index in [1.54, 1.807) is 36.4 Å².